The minimum atomic E-state index is -1.22. The largest absolute Gasteiger partial charge is 0.478 e. The number of allylic oxidation sites excluding steroid dienone is 1. The molecule has 1 aliphatic rings. The van der Waals surface area contributed by atoms with Gasteiger partial charge >= 0.3 is 5.97 Å². The third-order valence-electron chi connectivity index (χ3n) is 2.80. The van der Waals surface area contributed by atoms with Crippen molar-refractivity contribution in [3.8, 4) is 0 Å². The Morgan fingerprint density at radius 2 is 2.15 bits per heavy atom. The second-order valence-electron chi connectivity index (χ2n) is 4.17. The van der Waals surface area contributed by atoms with E-state index in [4.69, 9.17) is 5.11 Å². The molecule has 1 aromatic carbocycles. The highest BCUT2D eigenvalue weighted by Crippen LogP contribution is 2.24. The van der Waals surface area contributed by atoms with E-state index >= 15 is 0 Å². The number of benzene rings is 1. The fourth-order valence-electron chi connectivity index (χ4n) is 1.92. The first kappa shape index (κ1) is 13.5. The molecule has 1 aliphatic heterocycles. The molecule has 0 atom stereocenters. The Labute approximate surface area is 113 Å². The zero-order chi connectivity index (χ0) is 14.9. The van der Waals surface area contributed by atoms with E-state index in [9.17, 15) is 19.7 Å². The van der Waals surface area contributed by atoms with Crippen LogP contribution in [0, 0.1) is 10.1 Å². The van der Waals surface area contributed by atoms with Gasteiger partial charge in [0.15, 0.2) is 0 Å². The summed E-state index contributed by atoms with van der Waals surface area (Å²) < 4.78 is 0. The number of non-ortho nitro benzene ring substituents is 1. The van der Waals surface area contributed by atoms with E-state index < -0.39 is 16.8 Å². The van der Waals surface area contributed by atoms with Crippen molar-refractivity contribution < 1.29 is 19.6 Å². The minimum absolute atomic E-state index is 0.0181. The lowest BCUT2D eigenvalue weighted by molar-refractivity contribution is -0.384. The van der Waals surface area contributed by atoms with Gasteiger partial charge in [0.2, 0.25) is 0 Å². The van der Waals surface area contributed by atoms with Gasteiger partial charge in [0, 0.05) is 17.8 Å². The fraction of sp³-hybridized carbons (Fsp3) is 0.0769. The highest BCUT2D eigenvalue weighted by atomic mass is 16.6. The van der Waals surface area contributed by atoms with Crippen molar-refractivity contribution in [3.63, 3.8) is 0 Å². The Morgan fingerprint density at radius 1 is 1.45 bits per heavy atom. The van der Waals surface area contributed by atoms with E-state index in [1.54, 1.807) is 6.07 Å². The lowest BCUT2D eigenvalue weighted by Gasteiger charge is -1.99. The molecular formula is C13H10N2O5. The van der Waals surface area contributed by atoms with Crippen molar-refractivity contribution in [2.75, 3.05) is 0 Å². The Kier molecular flexibility index (Phi) is 3.34. The molecule has 0 aliphatic carbocycles. The van der Waals surface area contributed by atoms with E-state index in [-0.39, 0.29) is 22.5 Å². The smallest absolute Gasteiger partial charge is 0.338 e. The van der Waals surface area contributed by atoms with Crippen LogP contribution in [0.4, 0.5) is 5.69 Å². The number of carbonyl (C=O) groups excluding carboxylic acids is 1. The molecule has 2 N–H and O–H groups in total. The van der Waals surface area contributed by atoms with Crippen LogP contribution in [0.1, 0.15) is 12.5 Å². The van der Waals surface area contributed by atoms with E-state index in [1.165, 1.54) is 31.2 Å². The number of nitro benzene ring substituents is 1. The summed E-state index contributed by atoms with van der Waals surface area (Å²) >= 11 is 0. The quantitative estimate of drug-likeness (QED) is 0.492. The van der Waals surface area contributed by atoms with E-state index in [1.807, 2.05) is 0 Å². The zero-order valence-electron chi connectivity index (χ0n) is 10.4. The average molecular weight is 274 g/mol. The molecule has 0 saturated carbocycles. The first-order valence-corrected chi connectivity index (χ1v) is 5.62. The van der Waals surface area contributed by atoms with Crippen LogP contribution < -0.4 is 5.32 Å². The van der Waals surface area contributed by atoms with Crippen LogP contribution >= 0.6 is 0 Å². The van der Waals surface area contributed by atoms with Crippen LogP contribution in [0.2, 0.25) is 0 Å². The predicted molar refractivity (Wildman–Crippen MR) is 69.6 cm³/mol. The predicted octanol–water partition coefficient (Wildman–Crippen LogP) is 1.47. The normalized spacial score (nSPS) is 16.4. The van der Waals surface area contributed by atoms with Crippen LogP contribution in [0.5, 0.6) is 0 Å². The van der Waals surface area contributed by atoms with Crippen molar-refractivity contribution in [1.82, 2.24) is 5.32 Å². The third-order valence-corrected chi connectivity index (χ3v) is 2.80. The number of carbonyl (C=O) groups is 2. The van der Waals surface area contributed by atoms with Crippen LogP contribution in [0.15, 0.2) is 41.1 Å². The number of aliphatic carboxylic acids is 1. The molecule has 1 amide bonds. The first-order valence-electron chi connectivity index (χ1n) is 5.62. The Hall–Kier alpha value is -2.96. The lowest BCUT2D eigenvalue weighted by Crippen LogP contribution is -2.15. The highest BCUT2D eigenvalue weighted by Gasteiger charge is 2.29. The van der Waals surface area contributed by atoms with Crippen molar-refractivity contribution in [1.29, 1.82) is 0 Å². The molecule has 0 fully saturated rings. The summed E-state index contributed by atoms with van der Waals surface area (Å²) in [6.07, 6.45) is 1.32. The SMILES string of the molecule is CC1=C(C(=O)O)/C(=C\c2cccc([N+](=O)[O-])c2)C(=O)N1. The summed E-state index contributed by atoms with van der Waals surface area (Å²) in [6.45, 7) is 1.48. The molecule has 0 aromatic heterocycles. The molecule has 0 unspecified atom stereocenters. The maximum absolute atomic E-state index is 11.7. The number of nitrogens with one attached hydrogen (secondary N) is 1. The third kappa shape index (κ3) is 2.41. The van der Waals surface area contributed by atoms with Gasteiger partial charge in [0.25, 0.3) is 11.6 Å². The zero-order valence-corrected chi connectivity index (χ0v) is 10.4. The summed E-state index contributed by atoms with van der Waals surface area (Å²) in [5.41, 5.74) is 0.365. The molecule has 102 valence electrons. The fourth-order valence-corrected chi connectivity index (χ4v) is 1.92. The molecule has 1 aromatic rings. The number of amides is 1. The molecule has 0 radical (unpaired) electrons. The molecule has 7 nitrogen and oxygen atoms in total. The van der Waals surface area contributed by atoms with Crippen LogP contribution in [-0.2, 0) is 9.59 Å². The monoisotopic (exact) mass is 274 g/mol. The van der Waals surface area contributed by atoms with Gasteiger partial charge in [-0.1, -0.05) is 12.1 Å². The Balaban J connectivity index is 2.49. The van der Waals surface area contributed by atoms with Gasteiger partial charge in [-0.05, 0) is 18.6 Å². The number of hydrogen-bond acceptors (Lipinski definition) is 4. The van der Waals surface area contributed by atoms with Gasteiger partial charge in [0.05, 0.1) is 16.1 Å². The van der Waals surface area contributed by atoms with Crippen LogP contribution in [-0.4, -0.2) is 21.9 Å². The number of carboxylic acids is 1. The molecular weight excluding hydrogens is 264 g/mol. The second-order valence-corrected chi connectivity index (χ2v) is 4.17. The van der Waals surface area contributed by atoms with Gasteiger partial charge < -0.3 is 10.4 Å². The summed E-state index contributed by atoms with van der Waals surface area (Å²) in [4.78, 5) is 33.0. The number of nitro groups is 1. The highest BCUT2D eigenvalue weighted by molar-refractivity contribution is 6.15. The average Bonchev–Trinajstić information content (AvgIpc) is 2.64. The summed E-state index contributed by atoms with van der Waals surface area (Å²) in [5, 5.41) is 22.2. The van der Waals surface area contributed by atoms with E-state index in [0.29, 0.717) is 5.56 Å². The topological polar surface area (TPSA) is 110 Å². The Bertz CT molecular complexity index is 688. The van der Waals surface area contributed by atoms with Gasteiger partial charge in [-0.25, -0.2) is 4.79 Å². The summed E-state index contributed by atoms with van der Waals surface area (Å²) in [6, 6.07) is 5.61. The molecule has 1 heterocycles. The molecule has 0 bridgehead atoms. The van der Waals surface area contributed by atoms with Gasteiger partial charge in [-0.15, -0.1) is 0 Å². The van der Waals surface area contributed by atoms with Gasteiger partial charge in [-0.3, -0.25) is 14.9 Å². The maximum Gasteiger partial charge on any atom is 0.338 e. The van der Waals surface area contributed by atoms with Crippen molar-refractivity contribution in [2.24, 2.45) is 0 Å². The van der Waals surface area contributed by atoms with Gasteiger partial charge in [0.1, 0.15) is 0 Å². The number of hydrogen-bond donors (Lipinski definition) is 2. The second kappa shape index (κ2) is 4.96. The maximum atomic E-state index is 11.7. The molecule has 2 rings (SSSR count). The molecule has 0 spiro atoms. The number of carboxylic acid groups (broad SMARTS) is 1. The lowest BCUT2D eigenvalue weighted by atomic mass is 10.0. The number of nitrogens with zero attached hydrogens (tertiary/aromatic N) is 1. The minimum Gasteiger partial charge on any atom is -0.478 e. The summed E-state index contributed by atoms with van der Waals surface area (Å²) in [5.74, 6) is -1.76. The standard InChI is InChI=1S/C13H10N2O5/c1-7-11(13(17)18)10(12(16)14-7)6-8-3-2-4-9(5-8)15(19)20/h2-6H,1H3,(H,14,16)(H,17,18)/b10-6+. The van der Waals surface area contributed by atoms with E-state index in [0.717, 1.165) is 0 Å². The first-order chi connectivity index (χ1) is 9.40. The Morgan fingerprint density at radius 3 is 2.75 bits per heavy atom. The molecule has 20 heavy (non-hydrogen) atoms. The summed E-state index contributed by atoms with van der Waals surface area (Å²) in [7, 11) is 0. The van der Waals surface area contributed by atoms with Crippen LogP contribution in [0.25, 0.3) is 6.08 Å². The van der Waals surface area contributed by atoms with Crippen molar-refractivity contribution in [3.05, 3.63) is 56.8 Å². The number of rotatable bonds is 3. The van der Waals surface area contributed by atoms with E-state index in [2.05, 4.69) is 5.32 Å². The van der Waals surface area contributed by atoms with Crippen LogP contribution in [0.3, 0.4) is 0 Å². The molecule has 7 heteroatoms. The molecule has 0 saturated heterocycles. The van der Waals surface area contributed by atoms with Crippen molar-refractivity contribution >= 4 is 23.6 Å². The van der Waals surface area contributed by atoms with Crippen molar-refractivity contribution in [2.45, 2.75) is 6.92 Å². The van der Waals surface area contributed by atoms with Gasteiger partial charge in [-0.2, -0.15) is 0 Å².